The van der Waals surface area contributed by atoms with Gasteiger partial charge < -0.3 is 20.2 Å². The molecule has 2 fully saturated rings. The summed E-state index contributed by atoms with van der Waals surface area (Å²) in [7, 11) is 0. The highest BCUT2D eigenvalue weighted by Crippen LogP contribution is 2.31. The van der Waals surface area contributed by atoms with Crippen molar-refractivity contribution in [2.75, 3.05) is 56.1 Å². The van der Waals surface area contributed by atoms with Crippen LogP contribution in [0.4, 0.5) is 11.8 Å². The van der Waals surface area contributed by atoms with Gasteiger partial charge in [0.1, 0.15) is 5.02 Å². The molecular formula is C23H29Cl3N6O2. The maximum atomic E-state index is 13.0. The van der Waals surface area contributed by atoms with Crippen molar-refractivity contribution in [2.24, 2.45) is 0 Å². The van der Waals surface area contributed by atoms with E-state index >= 15 is 0 Å². The predicted molar refractivity (Wildman–Crippen MR) is 136 cm³/mol. The molecule has 0 spiro atoms. The zero-order valence-corrected chi connectivity index (χ0v) is 21.3. The highest BCUT2D eigenvalue weighted by Gasteiger charge is 2.34. The second-order valence-corrected chi connectivity index (χ2v) is 9.88. The number of rotatable bonds is 7. The van der Waals surface area contributed by atoms with Gasteiger partial charge in [-0.15, -0.1) is 0 Å². The number of aliphatic hydroxyl groups excluding tert-OH is 1. The first kappa shape index (κ1) is 25.3. The summed E-state index contributed by atoms with van der Waals surface area (Å²) < 4.78 is 0. The molecule has 1 amide bonds. The van der Waals surface area contributed by atoms with Crippen LogP contribution in [0.1, 0.15) is 31.4 Å². The van der Waals surface area contributed by atoms with Crippen molar-refractivity contribution >= 4 is 52.5 Å². The number of amides is 1. The summed E-state index contributed by atoms with van der Waals surface area (Å²) in [4.78, 5) is 28.2. The Kier molecular flexibility index (Phi) is 8.37. The maximum absolute atomic E-state index is 13.0. The number of aliphatic hydroxyl groups is 1. The lowest BCUT2D eigenvalue weighted by Gasteiger charge is -2.37. The number of hydrogen-bond donors (Lipinski definition) is 2. The number of piperazine rings is 1. The van der Waals surface area contributed by atoms with E-state index in [0.29, 0.717) is 59.6 Å². The number of carbonyl (C=O) groups is 1. The van der Waals surface area contributed by atoms with E-state index in [1.807, 2.05) is 17.9 Å². The van der Waals surface area contributed by atoms with Crippen LogP contribution in [-0.2, 0) is 4.79 Å². The number of benzene rings is 1. The summed E-state index contributed by atoms with van der Waals surface area (Å²) in [5, 5.41) is 14.2. The van der Waals surface area contributed by atoms with Gasteiger partial charge in [0.2, 0.25) is 11.9 Å². The lowest BCUT2D eigenvalue weighted by Crippen LogP contribution is -2.54. The largest absolute Gasteiger partial charge is 0.395 e. The van der Waals surface area contributed by atoms with Crippen LogP contribution in [0, 0.1) is 0 Å². The van der Waals surface area contributed by atoms with E-state index in [2.05, 4.69) is 25.1 Å². The third-order valence-corrected chi connectivity index (χ3v) is 7.26. The summed E-state index contributed by atoms with van der Waals surface area (Å²) in [5.41, 5.74) is 0.886. The van der Waals surface area contributed by atoms with Crippen LogP contribution in [-0.4, -0.2) is 82.7 Å². The van der Waals surface area contributed by atoms with Crippen LogP contribution in [0.25, 0.3) is 0 Å². The fourth-order valence-corrected chi connectivity index (χ4v) is 5.30. The molecule has 0 bridgehead atoms. The van der Waals surface area contributed by atoms with Gasteiger partial charge >= 0.3 is 0 Å². The minimum absolute atomic E-state index is 0.0741. The molecule has 0 radical (unpaired) electrons. The quantitative estimate of drug-likeness (QED) is 0.568. The number of halogens is 3. The first-order chi connectivity index (χ1) is 16.4. The Hall–Kier alpha value is -1.84. The zero-order valence-electron chi connectivity index (χ0n) is 19.1. The molecule has 184 valence electrons. The number of aromatic nitrogens is 2. The molecule has 2 N–H and O–H groups in total. The number of nitrogens with zero attached hydrogens (tertiary/aromatic N) is 5. The van der Waals surface area contributed by atoms with Crippen molar-refractivity contribution in [1.82, 2.24) is 19.8 Å². The van der Waals surface area contributed by atoms with E-state index in [4.69, 9.17) is 34.8 Å². The van der Waals surface area contributed by atoms with E-state index < -0.39 is 0 Å². The van der Waals surface area contributed by atoms with E-state index in [0.717, 1.165) is 24.9 Å². The van der Waals surface area contributed by atoms with Crippen molar-refractivity contribution in [1.29, 1.82) is 0 Å². The lowest BCUT2D eigenvalue weighted by molar-refractivity contribution is -0.136. The topological polar surface area (TPSA) is 84.8 Å². The highest BCUT2D eigenvalue weighted by atomic mass is 35.5. The average Bonchev–Trinajstić information content (AvgIpc) is 3.28. The fourth-order valence-electron chi connectivity index (χ4n) is 4.59. The number of anilines is 2. The van der Waals surface area contributed by atoms with Gasteiger partial charge in [-0.05, 0) is 44.0 Å². The summed E-state index contributed by atoms with van der Waals surface area (Å²) >= 11 is 18.7. The molecule has 2 aliphatic rings. The Morgan fingerprint density at radius 2 is 1.94 bits per heavy atom. The van der Waals surface area contributed by atoms with Crippen LogP contribution >= 0.6 is 34.8 Å². The molecule has 1 aromatic carbocycles. The highest BCUT2D eigenvalue weighted by molar-refractivity contribution is 6.35. The van der Waals surface area contributed by atoms with E-state index in [-0.39, 0.29) is 24.6 Å². The van der Waals surface area contributed by atoms with Gasteiger partial charge in [-0.25, -0.2) is 4.98 Å². The minimum Gasteiger partial charge on any atom is -0.395 e. The van der Waals surface area contributed by atoms with Crippen LogP contribution < -0.4 is 10.2 Å². The summed E-state index contributed by atoms with van der Waals surface area (Å²) in [6.45, 7) is 5.94. The normalized spacial score (nSPS) is 20.0. The van der Waals surface area contributed by atoms with E-state index in [1.54, 1.807) is 18.3 Å². The molecule has 2 saturated heterocycles. The van der Waals surface area contributed by atoms with Gasteiger partial charge in [-0.3, -0.25) is 9.69 Å². The molecule has 8 nitrogen and oxygen atoms in total. The third-order valence-electron chi connectivity index (χ3n) is 6.42. The number of β-amino-alcohol motifs (C(OH)–C–C–N with tert-alkyl or cyclic N) is 1. The molecule has 3 heterocycles. The van der Waals surface area contributed by atoms with E-state index in [9.17, 15) is 9.90 Å². The van der Waals surface area contributed by atoms with Gasteiger partial charge in [0.15, 0.2) is 5.82 Å². The molecule has 2 atom stereocenters. The molecule has 11 heteroatoms. The fraction of sp³-hybridized carbons (Fsp3) is 0.522. The second kappa shape index (κ2) is 11.3. The first-order valence-electron chi connectivity index (χ1n) is 11.5. The molecule has 1 aromatic heterocycles. The Balaban J connectivity index is 1.39. The van der Waals surface area contributed by atoms with Gasteiger partial charge in [0.05, 0.1) is 24.9 Å². The average molecular weight is 528 g/mol. The van der Waals surface area contributed by atoms with Crippen molar-refractivity contribution in [3.8, 4) is 0 Å². The Morgan fingerprint density at radius 3 is 2.65 bits per heavy atom. The van der Waals surface area contributed by atoms with Crippen LogP contribution in [0.15, 0.2) is 24.4 Å². The SMILES string of the molecule is C[C@@H](Nc1nc(N2CCN(C(=O)[C@H]3CCCN3CCO)CC2)ncc1Cl)c1ccc(Cl)cc1Cl. The molecule has 0 unspecified atom stereocenters. The van der Waals surface area contributed by atoms with Gasteiger partial charge in [-0.2, -0.15) is 4.98 Å². The van der Waals surface area contributed by atoms with Crippen LogP contribution in [0.2, 0.25) is 15.1 Å². The molecule has 34 heavy (non-hydrogen) atoms. The summed E-state index contributed by atoms with van der Waals surface area (Å²) in [6, 6.07) is 5.11. The monoisotopic (exact) mass is 526 g/mol. The first-order valence-corrected chi connectivity index (χ1v) is 12.6. The molecule has 2 aromatic rings. The molecule has 2 aliphatic heterocycles. The predicted octanol–water partition coefficient (Wildman–Crippen LogP) is 3.72. The lowest BCUT2D eigenvalue weighted by atomic mass is 10.1. The molecule has 0 saturated carbocycles. The minimum atomic E-state index is -0.146. The molecule has 0 aliphatic carbocycles. The number of hydrogen-bond acceptors (Lipinski definition) is 7. The van der Waals surface area contributed by atoms with Crippen molar-refractivity contribution in [3.05, 3.63) is 45.0 Å². The number of nitrogens with one attached hydrogen (secondary N) is 1. The maximum Gasteiger partial charge on any atom is 0.240 e. The Morgan fingerprint density at radius 1 is 1.18 bits per heavy atom. The third kappa shape index (κ3) is 5.69. The van der Waals surface area contributed by atoms with Gasteiger partial charge in [0, 0.05) is 42.8 Å². The Labute approximate surface area is 214 Å². The number of carbonyl (C=O) groups excluding carboxylic acids is 1. The zero-order chi connectivity index (χ0) is 24.2. The van der Waals surface area contributed by atoms with Crippen molar-refractivity contribution < 1.29 is 9.90 Å². The summed E-state index contributed by atoms with van der Waals surface area (Å²) in [5.74, 6) is 1.24. The van der Waals surface area contributed by atoms with E-state index in [1.165, 1.54) is 0 Å². The molecular weight excluding hydrogens is 499 g/mol. The van der Waals surface area contributed by atoms with Crippen molar-refractivity contribution in [3.63, 3.8) is 0 Å². The number of likely N-dealkylation sites (tertiary alicyclic amines) is 1. The van der Waals surface area contributed by atoms with Crippen molar-refractivity contribution in [2.45, 2.75) is 31.8 Å². The Bertz CT molecular complexity index is 1020. The standard InChI is InChI=1S/C23H29Cl3N6O2/c1-15(17-5-4-16(24)13-18(17)25)28-21-19(26)14-27-23(29-21)32-9-7-31(8-10-32)22(34)20-3-2-6-30(20)11-12-33/h4-5,13-15,20,33H,2-3,6-12H2,1H3,(H,27,28,29)/t15-,20-/m1/s1. The smallest absolute Gasteiger partial charge is 0.240 e. The van der Waals surface area contributed by atoms with Gasteiger partial charge in [0.25, 0.3) is 0 Å². The summed E-state index contributed by atoms with van der Waals surface area (Å²) in [6.07, 6.45) is 3.43. The second-order valence-electron chi connectivity index (χ2n) is 8.63. The molecule has 4 rings (SSSR count). The van der Waals surface area contributed by atoms with Gasteiger partial charge in [-0.1, -0.05) is 40.9 Å². The van der Waals surface area contributed by atoms with Crippen LogP contribution in [0.5, 0.6) is 0 Å². The van der Waals surface area contributed by atoms with Crippen LogP contribution in [0.3, 0.4) is 0 Å².